The van der Waals surface area contributed by atoms with Crippen LogP contribution >= 0.6 is 0 Å². The van der Waals surface area contributed by atoms with E-state index in [1.165, 1.54) is 6.07 Å². The molecule has 3 aromatic rings. The van der Waals surface area contributed by atoms with Crippen molar-refractivity contribution >= 4 is 17.6 Å². The van der Waals surface area contributed by atoms with Crippen molar-refractivity contribution in [3.8, 4) is 0 Å². The number of fused-ring (bicyclic) bond motifs is 1. The molecule has 3 aromatic heterocycles. The lowest BCUT2D eigenvalue weighted by Crippen LogP contribution is -2.25. The van der Waals surface area contributed by atoms with Gasteiger partial charge in [0.05, 0.1) is 12.4 Å². The van der Waals surface area contributed by atoms with Crippen LogP contribution in [0.3, 0.4) is 0 Å². The normalized spacial score (nSPS) is 18.2. The molecule has 1 atom stereocenters. The van der Waals surface area contributed by atoms with Crippen molar-refractivity contribution in [1.29, 1.82) is 0 Å². The maximum Gasteiger partial charge on any atom is 0.354 e. The molecule has 112 valence electrons. The van der Waals surface area contributed by atoms with Crippen LogP contribution in [0.15, 0.2) is 37.2 Å². The average Bonchev–Trinajstić information content (AvgIpc) is 3.25. The van der Waals surface area contributed by atoms with Gasteiger partial charge in [-0.3, -0.25) is 4.40 Å². The molecule has 0 amide bonds. The van der Waals surface area contributed by atoms with E-state index in [0.717, 1.165) is 19.5 Å². The van der Waals surface area contributed by atoms with E-state index < -0.39 is 5.97 Å². The highest BCUT2D eigenvalue weighted by atomic mass is 16.4. The second-order valence-corrected chi connectivity index (χ2v) is 5.30. The molecule has 0 bridgehead atoms. The van der Waals surface area contributed by atoms with Crippen molar-refractivity contribution in [3.05, 3.63) is 42.9 Å². The van der Waals surface area contributed by atoms with Crippen LogP contribution in [0.4, 0.5) is 5.95 Å². The van der Waals surface area contributed by atoms with E-state index in [2.05, 4.69) is 24.4 Å². The Bertz CT molecular complexity index is 825. The number of rotatable bonds is 3. The molecular formula is C14H14N6O2. The van der Waals surface area contributed by atoms with Crippen LogP contribution in [0.1, 0.15) is 23.0 Å². The topological polar surface area (TPSA) is 88.5 Å². The van der Waals surface area contributed by atoms with Gasteiger partial charge in [0.2, 0.25) is 5.95 Å². The molecule has 0 aromatic carbocycles. The average molecular weight is 298 g/mol. The molecular weight excluding hydrogens is 284 g/mol. The van der Waals surface area contributed by atoms with E-state index in [1.54, 1.807) is 18.6 Å². The number of nitrogens with zero attached hydrogens (tertiary/aromatic N) is 6. The van der Waals surface area contributed by atoms with E-state index in [-0.39, 0.29) is 5.69 Å². The third-order valence-corrected chi connectivity index (χ3v) is 3.98. The van der Waals surface area contributed by atoms with Crippen LogP contribution in [0, 0.1) is 0 Å². The standard InChI is InChI=1S/C14H14N6O2/c21-13(22)11-7-12-16-3-6-20(12)14(17-11)18-4-1-10(8-18)19-5-2-15-9-19/h2-3,5-7,9-10H,1,4,8H2,(H,21,22). The van der Waals surface area contributed by atoms with Crippen LogP contribution in [0.25, 0.3) is 5.65 Å². The summed E-state index contributed by atoms with van der Waals surface area (Å²) in [5.41, 5.74) is 0.605. The molecule has 0 saturated carbocycles. The number of carboxylic acid groups (broad SMARTS) is 1. The molecule has 0 aliphatic carbocycles. The molecule has 0 spiro atoms. The molecule has 8 nitrogen and oxygen atoms in total. The maximum absolute atomic E-state index is 11.3. The smallest absolute Gasteiger partial charge is 0.354 e. The lowest BCUT2D eigenvalue weighted by Gasteiger charge is -2.19. The molecule has 1 aliphatic rings. The Morgan fingerprint density at radius 1 is 1.32 bits per heavy atom. The number of carboxylic acids is 1. The number of aromatic nitrogens is 5. The van der Waals surface area contributed by atoms with Gasteiger partial charge in [-0.2, -0.15) is 0 Å². The van der Waals surface area contributed by atoms with Gasteiger partial charge in [-0.1, -0.05) is 0 Å². The first kappa shape index (κ1) is 12.8. The maximum atomic E-state index is 11.3. The van der Waals surface area contributed by atoms with Crippen molar-refractivity contribution in [3.63, 3.8) is 0 Å². The zero-order valence-corrected chi connectivity index (χ0v) is 11.7. The fourth-order valence-corrected chi connectivity index (χ4v) is 2.89. The Hall–Kier alpha value is -2.90. The number of anilines is 1. The van der Waals surface area contributed by atoms with Crippen LogP contribution in [-0.2, 0) is 0 Å². The Kier molecular flexibility index (Phi) is 2.81. The van der Waals surface area contributed by atoms with E-state index in [1.807, 2.05) is 16.9 Å². The Labute approximate surface area is 125 Å². The highest BCUT2D eigenvalue weighted by Crippen LogP contribution is 2.26. The monoisotopic (exact) mass is 298 g/mol. The highest BCUT2D eigenvalue weighted by Gasteiger charge is 2.27. The highest BCUT2D eigenvalue weighted by molar-refractivity contribution is 5.87. The molecule has 4 heterocycles. The van der Waals surface area contributed by atoms with Crippen LogP contribution in [0.2, 0.25) is 0 Å². The van der Waals surface area contributed by atoms with Gasteiger partial charge < -0.3 is 14.6 Å². The summed E-state index contributed by atoms with van der Waals surface area (Å²) in [6.45, 7) is 1.58. The summed E-state index contributed by atoms with van der Waals surface area (Å²) in [6.07, 6.45) is 9.93. The SMILES string of the molecule is O=C(O)c1cc2nccn2c(N2CCC(n3ccnc3)C2)n1. The van der Waals surface area contributed by atoms with E-state index >= 15 is 0 Å². The molecule has 4 rings (SSSR count). The Balaban J connectivity index is 1.72. The van der Waals surface area contributed by atoms with Gasteiger partial charge in [-0.25, -0.2) is 19.7 Å². The first-order chi connectivity index (χ1) is 10.7. The fraction of sp³-hybridized carbons (Fsp3) is 0.286. The summed E-state index contributed by atoms with van der Waals surface area (Å²) in [5, 5.41) is 9.22. The van der Waals surface area contributed by atoms with Crippen molar-refractivity contribution in [2.75, 3.05) is 18.0 Å². The van der Waals surface area contributed by atoms with E-state index in [4.69, 9.17) is 0 Å². The first-order valence-corrected chi connectivity index (χ1v) is 7.02. The van der Waals surface area contributed by atoms with Crippen LogP contribution in [0.5, 0.6) is 0 Å². The zero-order valence-electron chi connectivity index (χ0n) is 11.7. The summed E-state index contributed by atoms with van der Waals surface area (Å²) >= 11 is 0. The minimum atomic E-state index is -1.04. The minimum Gasteiger partial charge on any atom is -0.477 e. The number of imidazole rings is 2. The molecule has 1 aliphatic heterocycles. The number of hydrogen-bond donors (Lipinski definition) is 1. The minimum absolute atomic E-state index is 0.0137. The Morgan fingerprint density at radius 2 is 2.23 bits per heavy atom. The number of aromatic carboxylic acids is 1. The third kappa shape index (κ3) is 2.00. The predicted octanol–water partition coefficient (Wildman–Crippen LogP) is 1.08. The van der Waals surface area contributed by atoms with Crippen molar-refractivity contribution < 1.29 is 9.90 Å². The fourth-order valence-electron chi connectivity index (χ4n) is 2.89. The van der Waals surface area contributed by atoms with Crippen molar-refractivity contribution in [1.82, 2.24) is 23.9 Å². The van der Waals surface area contributed by atoms with Gasteiger partial charge >= 0.3 is 5.97 Å². The van der Waals surface area contributed by atoms with Crippen LogP contribution < -0.4 is 4.90 Å². The second kappa shape index (κ2) is 4.83. The summed E-state index contributed by atoms with van der Waals surface area (Å²) in [5.74, 6) is -0.424. The molecule has 8 heteroatoms. The van der Waals surface area contributed by atoms with E-state index in [9.17, 15) is 9.90 Å². The third-order valence-electron chi connectivity index (χ3n) is 3.98. The quantitative estimate of drug-likeness (QED) is 0.778. The predicted molar refractivity (Wildman–Crippen MR) is 78.0 cm³/mol. The lowest BCUT2D eigenvalue weighted by atomic mass is 10.3. The molecule has 1 N–H and O–H groups in total. The first-order valence-electron chi connectivity index (χ1n) is 7.02. The van der Waals surface area contributed by atoms with Gasteiger partial charge in [0.25, 0.3) is 0 Å². The molecule has 22 heavy (non-hydrogen) atoms. The largest absolute Gasteiger partial charge is 0.477 e. The summed E-state index contributed by atoms with van der Waals surface area (Å²) in [7, 11) is 0. The van der Waals surface area contributed by atoms with Crippen molar-refractivity contribution in [2.45, 2.75) is 12.5 Å². The molecule has 1 saturated heterocycles. The Morgan fingerprint density at radius 3 is 3.00 bits per heavy atom. The number of hydrogen-bond acceptors (Lipinski definition) is 5. The summed E-state index contributed by atoms with van der Waals surface area (Å²) in [4.78, 5) is 25.9. The molecule has 1 fully saturated rings. The second-order valence-electron chi connectivity index (χ2n) is 5.30. The van der Waals surface area contributed by atoms with Gasteiger partial charge in [-0.05, 0) is 6.42 Å². The van der Waals surface area contributed by atoms with Gasteiger partial charge in [-0.15, -0.1) is 0 Å². The zero-order chi connectivity index (χ0) is 15.1. The van der Waals surface area contributed by atoms with Crippen LogP contribution in [-0.4, -0.2) is 48.1 Å². The molecule has 1 unspecified atom stereocenters. The van der Waals surface area contributed by atoms with Crippen molar-refractivity contribution in [2.24, 2.45) is 0 Å². The van der Waals surface area contributed by atoms with Gasteiger partial charge in [0, 0.05) is 43.9 Å². The number of carbonyl (C=O) groups is 1. The van der Waals surface area contributed by atoms with Gasteiger partial charge in [0.1, 0.15) is 5.65 Å². The lowest BCUT2D eigenvalue weighted by molar-refractivity contribution is 0.0690. The van der Waals surface area contributed by atoms with Gasteiger partial charge in [0.15, 0.2) is 5.69 Å². The van der Waals surface area contributed by atoms with E-state index in [0.29, 0.717) is 17.6 Å². The summed E-state index contributed by atoms with van der Waals surface area (Å²) in [6, 6.07) is 1.80. The molecule has 0 radical (unpaired) electrons. The summed E-state index contributed by atoms with van der Waals surface area (Å²) < 4.78 is 3.90.